The fourth-order valence-corrected chi connectivity index (χ4v) is 2.02. The van der Waals surface area contributed by atoms with E-state index in [4.69, 9.17) is 9.84 Å². The van der Waals surface area contributed by atoms with E-state index in [9.17, 15) is 18.0 Å². The summed E-state index contributed by atoms with van der Waals surface area (Å²) >= 11 is 0. The minimum absolute atomic E-state index is 0.205. The summed E-state index contributed by atoms with van der Waals surface area (Å²) in [6.45, 7) is -0.515. The lowest BCUT2D eigenvalue weighted by molar-refractivity contribution is -0.151. The number of rotatable bonds is 5. The first-order valence-electron chi connectivity index (χ1n) is 7.10. The Labute approximate surface area is 137 Å². The van der Waals surface area contributed by atoms with Gasteiger partial charge in [0.15, 0.2) is 0 Å². The van der Waals surface area contributed by atoms with Crippen LogP contribution in [-0.2, 0) is 22.7 Å². The zero-order valence-corrected chi connectivity index (χ0v) is 12.6. The number of alkyl halides is 3. The molecular formula is C18H15F3O3. The maximum absolute atomic E-state index is 13.1. The summed E-state index contributed by atoms with van der Waals surface area (Å²) in [4.78, 5) is 11.9. The molecule has 0 amide bonds. The van der Waals surface area contributed by atoms with Gasteiger partial charge in [-0.3, -0.25) is 0 Å². The van der Waals surface area contributed by atoms with Gasteiger partial charge in [0.2, 0.25) is 0 Å². The number of benzene rings is 2. The average molecular weight is 336 g/mol. The minimum atomic E-state index is -4.82. The number of carbonyl (C=O) groups excluding carboxylic acids is 1. The van der Waals surface area contributed by atoms with E-state index in [1.54, 1.807) is 42.5 Å². The molecule has 2 rings (SSSR count). The van der Waals surface area contributed by atoms with Gasteiger partial charge in [-0.25, -0.2) is 4.79 Å². The molecule has 0 aliphatic rings. The van der Waals surface area contributed by atoms with Crippen molar-refractivity contribution in [2.24, 2.45) is 0 Å². The molecule has 0 saturated heterocycles. The summed E-state index contributed by atoms with van der Waals surface area (Å²) in [7, 11) is 0. The van der Waals surface area contributed by atoms with Crippen molar-refractivity contribution in [1.82, 2.24) is 0 Å². The Bertz CT molecular complexity index is 722. The van der Waals surface area contributed by atoms with Gasteiger partial charge in [-0.05, 0) is 22.8 Å². The van der Waals surface area contributed by atoms with Crippen LogP contribution in [0.3, 0.4) is 0 Å². The van der Waals surface area contributed by atoms with Crippen molar-refractivity contribution in [2.75, 3.05) is 0 Å². The molecule has 0 aromatic heterocycles. The molecule has 2 aromatic rings. The third kappa shape index (κ3) is 4.96. The molecule has 0 radical (unpaired) electrons. The summed E-state index contributed by atoms with van der Waals surface area (Å²) in [5.41, 5.74) is -0.0355. The lowest BCUT2D eigenvalue weighted by atomic mass is 10.1. The van der Waals surface area contributed by atoms with Crippen LogP contribution in [0.15, 0.2) is 60.2 Å². The van der Waals surface area contributed by atoms with Crippen molar-refractivity contribution in [3.05, 3.63) is 76.9 Å². The van der Waals surface area contributed by atoms with Gasteiger partial charge in [0.25, 0.3) is 0 Å². The number of ether oxygens (including phenoxy) is 1. The molecular weight excluding hydrogens is 321 g/mol. The van der Waals surface area contributed by atoms with Crippen LogP contribution in [0.5, 0.6) is 0 Å². The van der Waals surface area contributed by atoms with E-state index in [2.05, 4.69) is 0 Å². The highest BCUT2D eigenvalue weighted by Crippen LogP contribution is 2.29. The fourth-order valence-electron chi connectivity index (χ4n) is 2.02. The van der Waals surface area contributed by atoms with Crippen LogP contribution in [0.4, 0.5) is 13.2 Å². The van der Waals surface area contributed by atoms with Gasteiger partial charge in [0.05, 0.1) is 6.61 Å². The number of hydrogen-bond donors (Lipinski definition) is 1. The quantitative estimate of drug-likeness (QED) is 0.666. The molecule has 126 valence electrons. The number of aliphatic hydroxyl groups excluding tert-OH is 1. The summed E-state index contributed by atoms with van der Waals surface area (Å²) in [5, 5.41) is 9.03. The van der Waals surface area contributed by atoms with E-state index < -0.39 is 17.7 Å². The molecule has 0 heterocycles. The third-order valence-corrected chi connectivity index (χ3v) is 3.18. The van der Waals surface area contributed by atoms with Crippen LogP contribution in [-0.4, -0.2) is 17.3 Å². The standard InChI is InChI=1S/C18H15F3O3/c19-18(20,21)16(10-13-5-2-1-3-6-13)17(23)24-12-15-8-4-7-14(9-15)11-22/h1-10,22H,11-12H2. The number of halogens is 3. The molecule has 0 fully saturated rings. The highest BCUT2D eigenvalue weighted by molar-refractivity contribution is 5.95. The topological polar surface area (TPSA) is 46.5 Å². The molecule has 0 spiro atoms. The fraction of sp³-hybridized carbons (Fsp3) is 0.167. The molecule has 3 nitrogen and oxygen atoms in total. The number of hydrogen-bond acceptors (Lipinski definition) is 3. The average Bonchev–Trinajstić information content (AvgIpc) is 2.57. The summed E-state index contributed by atoms with van der Waals surface area (Å²) in [6, 6.07) is 14.2. The molecule has 0 bridgehead atoms. The van der Waals surface area contributed by atoms with Gasteiger partial charge >= 0.3 is 12.1 Å². The maximum atomic E-state index is 13.1. The minimum Gasteiger partial charge on any atom is -0.457 e. The predicted octanol–water partition coefficient (Wildman–Crippen LogP) is 3.87. The molecule has 1 N–H and O–H groups in total. The first-order valence-corrected chi connectivity index (χ1v) is 7.10. The van der Waals surface area contributed by atoms with Crippen LogP contribution in [0.25, 0.3) is 6.08 Å². The van der Waals surface area contributed by atoms with E-state index >= 15 is 0 Å². The molecule has 0 aliphatic carbocycles. The predicted molar refractivity (Wildman–Crippen MR) is 82.6 cm³/mol. The zero-order chi connectivity index (χ0) is 17.6. The number of esters is 1. The highest BCUT2D eigenvalue weighted by atomic mass is 19.4. The molecule has 0 atom stereocenters. The van der Waals surface area contributed by atoms with Crippen LogP contribution < -0.4 is 0 Å². The van der Waals surface area contributed by atoms with E-state index in [1.165, 1.54) is 12.1 Å². The molecule has 6 heteroatoms. The van der Waals surface area contributed by atoms with Gasteiger partial charge in [-0.1, -0.05) is 54.6 Å². The van der Waals surface area contributed by atoms with Crippen molar-refractivity contribution < 1.29 is 27.8 Å². The van der Waals surface area contributed by atoms with Gasteiger partial charge in [0.1, 0.15) is 12.2 Å². The van der Waals surface area contributed by atoms with Crippen LogP contribution in [0.1, 0.15) is 16.7 Å². The zero-order valence-electron chi connectivity index (χ0n) is 12.6. The van der Waals surface area contributed by atoms with E-state index in [1.807, 2.05) is 0 Å². The summed E-state index contributed by atoms with van der Waals surface area (Å²) < 4.78 is 44.1. The van der Waals surface area contributed by atoms with E-state index in [0.717, 1.165) is 6.08 Å². The normalized spacial score (nSPS) is 12.1. The molecule has 24 heavy (non-hydrogen) atoms. The Morgan fingerprint density at radius 3 is 2.33 bits per heavy atom. The largest absolute Gasteiger partial charge is 0.457 e. The highest BCUT2D eigenvalue weighted by Gasteiger charge is 2.39. The monoisotopic (exact) mass is 336 g/mol. The van der Waals surface area contributed by atoms with Gasteiger partial charge in [0, 0.05) is 0 Å². The maximum Gasteiger partial charge on any atom is 0.423 e. The Balaban J connectivity index is 2.15. The van der Waals surface area contributed by atoms with Crippen LogP contribution in [0, 0.1) is 0 Å². The second-order valence-electron chi connectivity index (χ2n) is 5.02. The Morgan fingerprint density at radius 1 is 1.04 bits per heavy atom. The van der Waals surface area contributed by atoms with Gasteiger partial charge < -0.3 is 9.84 Å². The van der Waals surface area contributed by atoms with Gasteiger partial charge in [-0.15, -0.1) is 0 Å². The molecule has 0 aliphatic heterocycles. The Kier molecular flexibility index (Phi) is 5.76. The molecule has 0 saturated carbocycles. The number of carbonyl (C=O) groups is 1. The van der Waals surface area contributed by atoms with E-state index in [0.29, 0.717) is 11.1 Å². The lowest BCUT2D eigenvalue weighted by Crippen LogP contribution is -2.22. The SMILES string of the molecule is O=C(OCc1cccc(CO)c1)C(=Cc1ccccc1)C(F)(F)F. The third-order valence-electron chi connectivity index (χ3n) is 3.18. The van der Waals surface area contributed by atoms with Crippen LogP contribution in [0.2, 0.25) is 0 Å². The van der Waals surface area contributed by atoms with Crippen molar-refractivity contribution in [3.63, 3.8) is 0 Å². The summed E-state index contributed by atoms with van der Waals surface area (Å²) in [5.74, 6) is -1.44. The van der Waals surface area contributed by atoms with Crippen molar-refractivity contribution in [2.45, 2.75) is 19.4 Å². The molecule has 0 unspecified atom stereocenters. The Morgan fingerprint density at radius 2 is 1.71 bits per heavy atom. The second kappa shape index (κ2) is 7.79. The van der Waals surface area contributed by atoms with E-state index in [-0.39, 0.29) is 18.8 Å². The molecule has 2 aromatic carbocycles. The smallest absolute Gasteiger partial charge is 0.423 e. The van der Waals surface area contributed by atoms with Crippen LogP contribution >= 0.6 is 0 Å². The summed E-state index contributed by atoms with van der Waals surface area (Å²) in [6.07, 6.45) is -4.06. The second-order valence-corrected chi connectivity index (χ2v) is 5.02. The first-order chi connectivity index (χ1) is 11.4. The van der Waals surface area contributed by atoms with Crippen molar-refractivity contribution in [1.29, 1.82) is 0 Å². The first kappa shape index (κ1) is 17.7. The van der Waals surface area contributed by atoms with Crippen molar-refractivity contribution >= 4 is 12.0 Å². The lowest BCUT2D eigenvalue weighted by Gasteiger charge is -2.12. The van der Waals surface area contributed by atoms with Crippen molar-refractivity contribution in [3.8, 4) is 0 Å². The Hall–Kier alpha value is -2.60. The van der Waals surface area contributed by atoms with Gasteiger partial charge in [-0.2, -0.15) is 13.2 Å². The number of aliphatic hydroxyl groups is 1.